The van der Waals surface area contributed by atoms with E-state index in [2.05, 4.69) is 0 Å². The Morgan fingerprint density at radius 2 is 1.93 bits per heavy atom. The van der Waals surface area contributed by atoms with Crippen LogP contribution in [0.4, 0.5) is 13.6 Å². The van der Waals surface area contributed by atoms with Crippen LogP contribution in [0.15, 0.2) is 18.2 Å². The van der Waals surface area contributed by atoms with E-state index in [1.807, 2.05) is 0 Å². The summed E-state index contributed by atoms with van der Waals surface area (Å²) in [7, 11) is 0. The van der Waals surface area contributed by atoms with Crippen LogP contribution in [0.2, 0.25) is 0 Å². The second kappa shape index (κ2) is 8.99. The number of amides is 1. The van der Waals surface area contributed by atoms with Crippen LogP contribution in [0.1, 0.15) is 32.8 Å². The number of hydrogen-bond acceptors (Lipinski definition) is 5. The number of rotatable bonds is 6. The number of carboxylic acids is 1. The topological polar surface area (TPSA) is 93.1 Å². The van der Waals surface area contributed by atoms with Crippen molar-refractivity contribution in [3.05, 3.63) is 35.4 Å². The molecule has 1 amide bonds. The van der Waals surface area contributed by atoms with E-state index in [0.717, 1.165) is 23.1 Å². The molecule has 2 rings (SSSR count). The molecule has 9 heteroatoms. The van der Waals surface area contributed by atoms with E-state index >= 15 is 0 Å². The minimum atomic E-state index is -1.23. The molecule has 0 unspecified atom stereocenters. The maximum Gasteiger partial charge on any atom is 0.413 e. The maximum absolute atomic E-state index is 13.9. The average molecular weight is 399 g/mol. The maximum atomic E-state index is 13.9. The van der Waals surface area contributed by atoms with Crippen molar-refractivity contribution in [1.82, 2.24) is 4.90 Å². The first-order valence-corrected chi connectivity index (χ1v) is 8.89. The van der Waals surface area contributed by atoms with Gasteiger partial charge in [0.1, 0.15) is 17.7 Å². The number of hydrogen-bond donors (Lipinski definition) is 1. The third kappa shape index (κ3) is 5.40. The highest BCUT2D eigenvalue weighted by Gasteiger charge is 2.41. The summed E-state index contributed by atoms with van der Waals surface area (Å²) in [5, 5.41) is 9.43. The highest BCUT2D eigenvalue weighted by molar-refractivity contribution is 5.81. The molecule has 1 fully saturated rings. The molecule has 0 radical (unpaired) electrons. The number of benzene rings is 1. The van der Waals surface area contributed by atoms with E-state index < -0.39 is 47.9 Å². The van der Waals surface area contributed by atoms with Gasteiger partial charge < -0.3 is 14.6 Å². The van der Waals surface area contributed by atoms with E-state index in [1.54, 1.807) is 13.8 Å². The van der Waals surface area contributed by atoms with Gasteiger partial charge in [0.2, 0.25) is 0 Å². The summed E-state index contributed by atoms with van der Waals surface area (Å²) in [5.41, 5.74) is 0.115. The van der Waals surface area contributed by atoms with Gasteiger partial charge in [-0.25, -0.2) is 18.4 Å². The summed E-state index contributed by atoms with van der Waals surface area (Å²) in [6.45, 7) is 4.52. The van der Waals surface area contributed by atoms with Gasteiger partial charge in [-0.1, -0.05) is 13.8 Å². The fourth-order valence-corrected chi connectivity index (χ4v) is 3.14. The van der Waals surface area contributed by atoms with E-state index in [0.29, 0.717) is 0 Å². The number of ether oxygens (including phenoxy) is 2. The molecular formula is C19H23F2NO6. The van der Waals surface area contributed by atoms with Crippen molar-refractivity contribution < 1.29 is 37.7 Å². The average Bonchev–Trinajstić information content (AvgIpc) is 3.01. The SMILES string of the molecule is CC(=O)O[C@H](OC(=O)N1C[C@@H](Cc2cc(F)ccc2F)C[C@H]1C(=O)O)C(C)C. The molecule has 28 heavy (non-hydrogen) atoms. The highest BCUT2D eigenvalue weighted by Crippen LogP contribution is 2.29. The van der Waals surface area contributed by atoms with E-state index in [1.165, 1.54) is 6.92 Å². The lowest BCUT2D eigenvalue weighted by molar-refractivity contribution is -0.174. The minimum absolute atomic E-state index is 0.00333. The third-order valence-electron chi connectivity index (χ3n) is 4.47. The Morgan fingerprint density at radius 1 is 1.25 bits per heavy atom. The summed E-state index contributed by atoms with van der Waals surface area (Å²) < 4.78 is 37.4. The molecule has 0 aromatic heterocycles. The molecule has 0 saturated carbocycles. The van der Waals surface area contributed by atoms with Gasteiger partial charge in [0.25, 0.3) is 6.29 Å². The molecule has 0 aliphatic carbocycles. The summed E-state index contributed by atoms with van der Waals surface area (Å²) in [6.07, 6.45) is -1.94. The molecule has 0 spiro atoms. The van der Waals surface area contributed by atoms with Gasteiger partial charge in [-0.2, -0.15) is 0 Å². The molecule has 1 aromatic rings. The number of carbonyl (C=O) groups excluding carboxylic acids is 2. The Hall–Kier alpha value is -2.71. The lowest BCUT2D eigenvalue weighted by Gasteiger charge is -2.26. The predicted octanol–water partition coefficient (Wildman–Crippen LogP) is 2.96. The number of esters is 1. The fraction of sp³-hybridized carbons (Fsp3) is 0.526. The molecular weight excluding hydrogens is 376 g/mol. The minimum Gasteiger partial charge on any atom is -0.480 e. The molecule has 0 bridgehead atoms. The van der Waals surface area contributed by atoms with Gasteiger partial charge in [-0.15, -0.1) is 0 Å². The second-order valence-electron chi connectivity index (χ2n) is 7.15. The van der Waals surface area contributed by atoms with Crippen LogP contribution < -0.4 is 0 Å². The van der Waals surface area contributed by atoms with Crippen LogP contribution in [0.25, 0.3) is 0 Å². The first kappa shape index (κ1) is 21.6. The molecule has 3 atom stereocenters. The van der Waals surface area contributed by atoms with Crippen molar-refractivity contribution in [1.29, 1.82) is 0 Å². The standard InChI is InChI=1S/C19H23F2NO6/c1-10(2)18(27-11(3)23)28-19(26)22-9-12(7-16(22)17(24)25)6-13-8-14(20)4-5-15(13)21/h4-5,8,10,12,16,18H,6-7,9H2,1-3H3,(H,24,25)/t12-,16-,18+/m0/s1. The van der Waals surface area contributed by atoms with Crippen LogP contribution in [0.5, 0.6) is 0 Å². The van der Waals surface area contributed by atoms with Crippen molar-refractivity contribution in [2.75, 3.05) is 6.54 Å². The largest absolute Gasteiger partial charge is 0.480 e. The van der Waals surface area contributed by atoms with Gasteiger partial charge in [0.15, 0.2) is 0 Å². The van der Waals surface area contributed by atoms with Crippen molar-refractivity contribution in [2.45, 2.75) is 45.9 Å². The summed E-state index contributed by atoms with van der Waals surface area (Å²) in [5.74, 6) is -3.78. The van der Waals surface area contributed by atoms with Crippen LogP contribution in [0, 0.1) is 23.5 Å². The number of nitrogens with zero attached hydrogens (tertiary/aromatic N) is 1. The van der Waals surface area contributed by atoms with Crippen LogP contribution >= 0.6 is 0 Å². The van der Waals surface area contributed by atoms with Gasteiger partial charge in [-0.3, -0.25) is 9.69 Å². The number of halogens is 2. The smallest absolute Gasteiger partial charge is 0.413 e. The Labute approximate surface area is 161 Å². The van der Waals surface area contributed by atoms with Gasteiger partial charge in [0, 0.05) is 19.4 Å². The molecule has 1 aromatic carbocycles. The van der Waals surface area contributed by atoms with E-state index in [9.17, 15) is 28.3 Å². The normalized spacial score (nSPS) is 20.1. The van der Waals surface area contributed by atoms with Gasteiger partial charge >= 0.3 is 18.0 Å². The molecule has 7 nitrogen and oxygen atoms in total. The van der Waals surface area contributed by atoms with Crippen LogP contribution in [0.3, 0.4) is 0 Å². The van der Waals surface area contributed by atoms with Crippen molar-refractivity contribution >= 4 is 18.0 Å². The van der Waals surface area contributed by atoms with Crippen molar-refractivity contribution in [3.63, 3.8) is 0 Å². The number of likely N-dealkylation sites (tertiary alicyclic amines) is 1. The Balaban J connectivity index is 2.12. The Kier molecular flexibility index (Phi) is 6.93. The summed E-state index contributed by atoms with van der Waals surface area (Å²) in [6, 6.07) is 1.89. The van der Waals surface area contributed by atoms with Crippen molar-refractivity contribution in [2.24, 2.45) is 11.8 Å². The first-order valence-electron chi connectivity index (χ1n) is 8.89. The quantitative estimate of drug-likeness (QED) is 0.584. The lowest BCUT2D eigenvalue weighted by atomic mass is 9.96. The van der Waals surface area contributed by atoms with E-state index in [4.69, 9.17) is 9.47 Å². The molecule has 154 valence electrons. The second-order valence-corrected chi connectivity index (χ2v) is 7.15. The monoisotopic (exact) mass is 399 g/mol. The molecule has 1 aliphatic rings. The third-order valence-corrected chi connectivity index (χ3v) is 4.47. The zero-order valence-electron chi connectivity index (χ0n) is 15.9. The predicted molar refractivity (Wildman–Crippen MR) is 93.2 cm³/mol. The van der Waals surface area contributed by atoms with Gasteiger partial charge in [0.05, 0.1) is 0 Å². The number of aliphatic carboxylic acids is 1. The fourth-order valence-electron chi connectivity index (χ4n) is 3.14. The molecule has 1 heterocycles. The molecule has 1 saturated heterocycles. The van der Waals surface area contributed by atoms with Crippen LogP contribution in [-0.2, 0) is 25.5 Å². The Morgan fingerprint density at radius 3 is 2.50 bits per heavy atom. The Bertz CT molecular complexity index is 754. The van der Waals surface area contributed by atoms with E-state index in [-0.39, 0.29) is 30.9 Å². The zero-order chi connectivity index (χ0) is 21.0. The van der Waals surface area contributed by atoms with Crippen LogP contribution in [-0.4, -0.2) is 46.9 Å². The zero-order valence-corrected chi connectivity index (χ0v) is 15.9. The molecule has 1 N–H and O–H groups in total. The number of carboxylic acid groups (broad SMARTS) is 1. The highest BCUT2D eigenvalue weighted by atomic mass is 19.1. The first-order chi connectivity index (χ1) is 13.1. The van der Waals surface area contributed by atoms with Gasteiger partial charge in [-0.05, 0) is 42.5 Å². The lowest BCUT2D eigenvalue weighted by Crippen LogP contribution is -2.43. The summed E-state index contributed by atoms with van der Waals surface area (Å²) in [4.78, 5) is 36.2. The van der Waals surface area contributed by atoms with Crippen molar-refractivity contribution in [3.8, 4) is 0 Å². The number of carbonyl (C=O) groups is 3. The summed E-state index contributed by atoms with van der Waals surface area (Å²) >= 11 is 0. The molecule has 1 aliphatic heterocycles.